The Labute approximate surface area is 111 Å². The molecule has 0 bridgehead atoms. The third kappa shape index (κ3) is 2.93. The van der Waals surface area contributed by atoms with E-state index in [-0.39, 0.29) is 0 Å². The SMILES string of the molecule is CNCCCC1COc2cc(Br)ccc2N1C. The van der Waals surface area contributed by atoms with E-state index in [0.717, 1.165) is 29.8 Å². The molecular weight excluding hydrogens is 280 g/mol. The fourth-order valence-electron chi connectivity index (χ4n) is 2.18. The summed E-state index contributed by atoms with van der Waals surface area (Å²) in [4.78, 5) is 2.33. The molecule has 1 unspecified atom stereocenters. The normalized spacial score (nSPS) is 18.8. The summed E-state index contributed by atoms with van der Waals surface area (Å²) < 4.78 is 6.89. The Morgan fingerprint density at radius 1 is 1.53 bits per heavy atom. The highest BCUT2D eigenvalue weighted by atomic mass is 79.9. The number of nitrogens with one attached hydrogen (secondary N) is 1. The van der Waals surface area contributed by atoms with Crippen LogP contribution in [0.25, 0.3) is 0 Å². The fourth-order valence-corrected chi connectivity index (χ4v) is 2.52. The average Bonchev–Trinajstić information content (AvgIpc) is 2.32. The van der Waals surface area contributed by atoms with Gasteiger partial charge in [0.2, 0.25) is 0 Å². The molecule has 17 heavy (non-hydrogen) atoms. The van der Waals surface area contributed by atoms with Gasteiger partial charge in [-0.15, -0.1) is 0 Å². The Hall–Kier alpha value is -0.740. The second-order valence-electron chi connectivity index (χ2n) is 4.43. The van der Waals surface area contributed by atoms with Gasteiger partial charge < -0.3 is 15.0 Å². The lowest BCUT2D eigenvalue weighted by Crippen LogP contribution is -2.40. The van der Waals surface area contributed by atoms with Crippen LogP contribution in [0, 0.1) is 0 Å². The van der Waals surface area contributed by atoms with Crippen molar-refractivity contribution in [3.8, 4) is 5.75 Å². The molecule has 2 rings (SSSR count). The number of hydrogen-bond acceptors (Lipinski definition) is 3. The van der Waals surface area contributed by atoms with Crippen LogP contribution in [0.1, 0.15) is 12.8 Å². The van der Waals surface area contributed by atoms with Crippen molar-refractivity contribution < 1.29 is 4.74 Å². The van der Waals surface area contributed by atoms with Gasteiger partial charge in [0.05, 0.1) is 11.7 Å². The Morgan fingerprint density at radius 3 is 3.12 bits per heavy atom. The van der Waals surface area contributed by atoms with Crippen LogP contribution in [0.2, 0.25) is 0 Å². The molecule has 0 amide bonds. The van der Waals surface area contributed by atoms with Gasteiger partial charge in [-0.3, -0.25) is 0 Å². The number of anilines is 1. The number of benzene rings is 1. The van der Waals surface area contributed by atoms with E-state index in [4.69, 9.17) is 4.74 Å². The first kappa shape index (κ1) is 12.7. The zero-order chi connectivity index (χ0) is 12.3. The van der Waals surface area contributed by atoms with E-state index >= 15 is 0 Å². The molecule has 0 saturated heterocycles. The van der Waals surface area contributed by atoms with Crippen LogP contribution >= 0.6 is 15.9 Å². The molecule has 0 saturated carbocycles. The first-order chi connectivity index (χ1) is 8.22. The van der Waals surface area contributed by atoms with Gasteiger partial charge in [-0.2, -0.15) is 0 Å². The van der Waals surface area contributed by atoms with E-state index in [1.165, 1.54) is 12.1 Å². The van der Waals surface area contributed by atoms with Gasteiger partial charge in [0.1, 0.15) is 12.4 Å². The lowest BCUT2D eigenvalue weighted by Gasteiger charge is -2.36. The molecule has 4 heteroatoms. The average molecular weight is 299 g/mol. The fraction of sp³-hybridized carbons (Fsp3) is 0.538. The Balaban J connectivity index is 2.05. The lowest BCUT2D eigenvalue weighted by atomic mass is 10.1. The maximum Gasteiger partial charge on any atom is 0.143 e. The molecule has 0 radical (unpaired) electrons. The molecule has 0 aromatic heterocycles. The molecule has 0 spiro atoms. The molecule has 1 aromatic carbocycles. The Bertz CT molecular complexity index is 384. The predicted octanol–water partition coefficient (Wildman–Crippen LogP) is 2.65. The topological polar surface area (TPSA) is 24.5 Å². The van der Waals surface area contributed by atoms with Crippen LogP contribution < -0.4 is 15.0 Å². The molecule has 1 atom stereocenters. The van der Waals surface area contributed by atoms with Crippen molar-refractivity contribution in [3.63, 3.8) is 0 Å². The van der Waals surface area contributed by atoms with Crippen molar-refractivity contribution in [3.05, 3.63) is 22.7 Å². The highest BCUT2D eigenvalue weighted by molar-refractivity contribution is 9.10. The molecule has 1 N–H and O–H groups in total. The number of ether oxygens (including phenoxy) is 1. The summed E-state index contributed by atoms with van der Waals surface area (Å²) in [5.74, 6) is 0.978. The molecule has 1 aliphatic rings. The van der Waals surface area contributed by atoms with Crippen LogP contribution in [0.5, 0.6) is 5.75 Å². The smallest absolute Gasteiger partial charge is 0.143 e. The third-order valence-electron chi connectivity index (χ3n) is 3.24. The van der Waals surface area contributed by atoms with Crippen LogP contribution in [0.4, 0.5) is 5.69 Å². The summed E-state index contributed by atoms with van der Waals surface area (Å²) in [6.07, 6.45) is 2.34. The van der Waals surface area contributed by atoms with Gasteiger partial charge in [-0.05, 0) is 44.6 Å². The molecule has 3 nitrogen and oxygen atoms in total. The van der Waals surface area contributed by atoms with E-state index in [2.05, 4.69) is 45.3 Å². The molecule has 94 valence electrons. The van der Waals surface area contributed by atoms with Gasteiger partial charge in [0.25, 0.3) is 0 Å². The summed E-state index contributed by atoms with van der Waals surface area (Å²) in [5, 5.41) is 3.18. The van der Waals surface area contributed by atoms with Crippen LogP contribution in [0.15, 0.2) is 22.7 Å². The lowest BCUT2D eigenvalue weighted by molar-refractivity contribution is 0.258. The largest absolute Gasteiger partial charge is 0.489 e. The summed E-state index contributed by atoms with van der Waals surface area (Å²) >= 11 is 3.47. The number of rotatable bonds is 4. The molecule has 0 fully saturated rings. The number of nitrogens with zero attached hydrogens (tertiary/aromatic N) is 1. The van der Waals surface area contributed by atoms with Gasteiger partial charge >= 0.3 is 0 Å². The van der Waals surface area contributed by atoms with E-state index in [9.17, 15) is 0 Å². The summed E-state index contributed by atoms with van der Waals surface area (Å²) in [5.41, 5.74) is 1.19. The zero-order valence-electron chi connectivity index (χ0n) is 10.4. The summed E-state index contributed by atoms with van der Waals surface area (Å²) in [6, 6.07) is 6.70. The van der Waals surface area contributed by atoms with Crippen molar-refractivity contribution in [1.29, 1.82) is 0 Å². The molecule has 1 aliphatic heterocycles. The minimum absolute atomic E-state index is 0.483. The van der Waals surface area contributed by atoms with Crippen LogP contribution in [0.3, 0.4) is 0 Å². The third-order valence-corrected chi connectivity index (χ3v) is 3.74. The van der Waals surface area contributed by atoms with Gasteiger partial charge in [0.15, 0.2) is 0 Å². The van der Waals surface area contributed by atoms with Crippen molar-refractivity contribution >= 4 is 21.6 Å². The first-order valence-electron chi connectivity index (χ1n) is 6.02. The Kier molecular flexibility index (Phi) is 4.29. The Morgan fingerprint density at radius 2 is 2.35 bits per heavy atom. The van der Waals surface area contributed by atoms with Crippen LogP contribution in [-0.4, -0.2) is 33.3 Å². The summed E-state index contributed by atoms with van der Waals surface area (Å²) in [6.45, 7) is 1.85. The number of fused-ring (bicyclic) bond motifs is 1. The van der Waals surface area contributed by atoms with Gasteiger partial charge in [-0.25, -0.2) is 0 Å². The van der Waals surface area contributed by atoms with Crippen molar-refractivity contribution in [1.82, 2.24) is 5.32 Å². The second kappa shape index (κ2) is 5.74. The molecular formula is C13H19BrN2O. The van der Waals surface area contributed by atoms with E-state index in [0.29, 0.717) is 6.04 Å². The maximum atomic E-state index is 5.83. The number of likely N-dealkylation sites (N-methyl/N-ethyl adjacent to an activating group) is 1. The predicted molar refractivity (Wildman–Crippen MR) is 75.0 cm³/mol. The zero-order valence-corrected chi connectivity index (χ0v) is 12.0. The van der Waals surface area contributed by atoms with Gasteiger partial charge in [0, 0.05) is 11.5 Å². The highest BCUT2D eigenvalue weighted by Gasteiger charge is 2.24. The van der Waals surface area contributed by atoms with E-state index in [1.807, 2.05) is 13.1 Å². The minimum Gasteiger partial charge on any atom is -0.489 e. The second-order valence-corrected chi connectivity index (χ2v) is 5.35. The summed E-state index contributed by atoms with van der Waals surface area (Å²) in [7, 11) is 4.15. The standard InChI is InChI=1S/C13H19BrN2O/c1-15-7-3-4-11-9-17-13-8-10(14)5-6-12(13)16(11)2/h5-6,8,11,15H,3-4,7,9H2,1-2H3. The van der Waals surface area contributed by atoms with E-state index in [1.54, 1.807) is 0 Å². The van der Waals surface area contributed by atoms with Crippen molar-refractivity contribution in [2.45, 2.75) is 18.9 Å². The number of hydrogen-bond donors (Lipinski definition) is 1. The van der Waals surface area contributed by atoms with Crippen LogP contribution in [-0.2, 0) is 0 Å². The number of halogens is 1. The minimum atomic E-state index is 0.483. The maximum absolute atomic E-state index is 5.83. The van der Waals surface area contributed by atoms with Crippen molar-refractivity contribution in [2.24, 2.45) is 0 Å². The monoisotopic (exact) mass is 298 g/mol. The molecule has 1 heterocycles. The first-order valence-corrected chi connectivity index (χ1v) is 6.81. The van der Waals surface area contributed by atoms with Crippen molar-refractivity contribution in [2.75, 3.05) is 32.1 Å². The highest BCUT2D eigenvalue weighted by Crippen LogP contribution is 2.35. The van der Waals surface area contributed by atoms with Gasteiger partial charge in [-0.1, -0.05) is 15.9 Å². The van der Waals surface area contributed by atoms with E-state index < -0.39 is 0 Å². The molecule has 1 aromatic rings. The molecule has 0 aliphatic carbocycles. The quantitative estimate of drug-likeness (QED) is 0.865.